The molecule has 0 aliphatic heterocycles. The molecule has 3 aromatic rings. The predicted molar refractivity (Wildman–Crippen MR) is 70.3 cm³/mol. The number of H-pyrrole nitrogens is 1. The third kappa shape index (κ3) is 1.80. The van der Waals surface area contributed by atoms with E-state index < -0.39 is 0 Å². The summed E-state index contributed by atoms with van der Waals surface area (Å²) in [6.45, 7) is 0.969. The van der Waals surface area contributed by atoms with E-state index in [1.807, 2.05) is 18.2 Å². The summed E-state index contributed by atoms with van der Waals surface area (Å²) in [7, 11) is 0. The van der Waals surface area contributed by atoms with Crippen molar-refractivity contribution < 1.29 is 9.13 Å². The van der Waals surface area contributed by atoms with Crippen molar-refractivity contribution in [3.05, 3.63) is 42.2 Å². The Bertz CT molecular complexity index is 705. The topological polar surface area (TPSA) is 51.0 Å². The first kappa shape index (κ1) is 11.0. The molecule has 0 saturated carbocycles. The minimum Gasteiger partial charge on any atom is -0.492 e. The van der Waals surface area contributed by atoms with E-state index in [2.05, 4.69) is 4.98 Å². The normalized spacial score (nSPS) is 11.2. The second-order valence-corrected chi connectivity index (χ2v) is 4.16. The van der Waals surface area contributed by atoms with Crippen LogP contribution in [-0.4, -0.2) is 18.1 Å². The molecule has 0 aliphatic rings. The zero-order valence-corrected chi connectivity index (χ0v) is 9.74. The number of hydrogen-bond donors (Lipinski definition) is 2. The summed E-state index contributed by atoms with van der Waals surface area (Å²) < 4.78 is 18.7. The molecule has 0 saturated heterocycles. The fraction of sp³-hybridized carbons (Fsp3) is 0.143. The molecule has 1 aromatic heterocycles. The SMILES string of the molecule is NCCOc1ccc2c(c1)[nH]c1ccc(F)cc12. The minimum atomic E-state index is -0.230. The van der Waals surface area contributed by atoms with E-state index in [9.17, 15) is 4.39 Å². The third-order valence-electron chi connectivity index (χ3n) is 2.92. The first-order valence-electron chi connectivity index (χ1n) is 5.82. The van der Waals surface area contributed by atoms with Crippen molar-refractivity contribution in [1.29, 1.82) is 0 Å². The molecule has 3 N–H and O–H groups in total. The van der Waals surface area contributed by atoms with E-state index in [1.165, 1.54) is 12.1 Å². The number of rotatable bonds is 3. The van der Waals surface area contributed by atoms with Crippen molar-refractivity contribution in [2.24, 2.45) is 5.73 Å². The van der Waals surface area contributed by atoms with Crippen LogP contribution in [0.5, 0.6) is 5.75 Å². The highest BCUT2D eigenvalue weighted by Gasteiger charge is 2.06. The van der Waals surface area contributed by atoms with Gasteiger partial charge in [0.05, 0.1) is 5.52 Å². The van der Waals surface area contributed by atoms with E-state index >= 15 is 0 Å². The lowest BCUT2D eigenvalue weighted by atomic mass is 10.1. The summed E-state index contributed by atoms with van der Waals surface area (Å²) in [6.07, 6.45) is 0. The van der Waals surface area contributed by atoms with Crippen LogP contribution in [0.3, 0.4) is 0 Å². The van der Waals surface area contributed by atoms with Crippen LogP contribution in [-0.2, 0) is 0 Å². The van der Waals surface area contributed by atoms with E-state index in [0.29, 0.717) is 13.2 Å². The molecule has 0 aliphatic carbocycles. The number of hydrogen-bond acceptors (Lipinski definition) is 2. The van der Waals surface area contributed by atoms with E-state index in [4.69, 9.17) is 10.5 Å². The van der Waals surface area contributed by atoms with Gasteiger partial charge in [-0.15, -0.1) is 0 Å². The van der Waals surface area contributed by atoms with Crippen molar-refractivity contribution in [3.63, 3.8) is 0 Å². The molecule has 3 nitrogen and oxygen atoms in total. The van der Waals surface area contributed by atoms with Gasteiger partial charge in [0.15, 0.2) is 0 Å². The smallest absolute Gasteiger partial charge is 0.123 e. The molecule has 92 valence electrons. The molecule has 2 aromatic carbocycles. The molecule has 0 atom stereocenters. The highest BCUT2D eigenvalue weighted by molar-refractivity contribution is 6.07. The summed E-state index contributed by atoms with van der Waals surface area (Å²) in [5.41, 5.74) is 7.25. The van der Waals surface area contributed by atoms with Gasteiger partial charge in [0, 0.05) is 28.9 Å². The average Bonchev–Trinajstić information content (AvgIpc) is 2.73. The van der Waals surface area contributed by atoms with Gasteiger partial charge in [-0.2, -0.15) is 0 Å². The van der Waals surface area contributed by atoms with Crippen molar-refractivity contribution in [2.45, 2.75) is 0 Å². The molecule has 0 spiro atoms. The van der Waals surface area contributed by atoms with Crippen LogP contribution in [0.1, 0.15) is 0 Å². The van der Waals surface area contributed by atoms with Crippen molar-refractivity contribution in [1.82, 2.24) is 4.98 Å². The van der Waals surface area contributed by atoms with Gasteiger partial charge in [-0.3, -0.25) is 0 Å². The van der Waals surface area contributed by atoms with E-state index in [-0.39, 0.29) is 5.82 Å². The predicted octanol–water partition coefficient (Wildman–Crippen LogP) is 2.80. The van der Waals surface area contributed by atoms with Gasteiger partial charge in [0.1, 0.15) is 18.2 Å². The highest BCUT2D eigenvalue weighted by atomic mass is 19.1. The first-order valence-corrected chi connectivity index (χ1v) is 5.82. The average molecular weight is 244 g/mol. The summed E-state index contributed by atoms with van der Waals surface area (Å²) in [4.78, 5) is 3.24. The number of benzene rings is 2. The second-order valence-electron chi connectivity index (χ2n) is 4.16. The van der Waals surface area contributed by atoms with Gasteiger partial charge in [0.2, 0.25) is 0 Å². The Labute approximate surface area is 103 Å². The Morgan fingerprint density at radius 1 is 1.06 bits per heavy atom. The molecule has 1 heterocycles. The van der Waals surface area contributed by atoms with Crippen LogP contribution < -0.4 is 10.5 Å². The van der Waals surface area contributed by atoms with Crippen LogP contribution in [0.2, 0.25) is 0 Å². The maximum Gasteiger partial charge on any atom is 0.123 e. The Morgan fingerprint density at radius 2 is 1.94 bits per heavy atom. The van der Waals surface area contributed by atoms with E-state index in [0.717, 1.165) is 27.6 Å². The fourth-order valence-corrected chi connectivity index (χ4v) is 2.12. The van der Waals surface area contributed by atoms with Gasteiger partial charge in [0.25, 0.3) is 0 Å². The fourth-order valence-electron chi connectivity index (χ4n) is 2.12. The Kier molecular flexibility index (Phi) is 2.64. The summed E-state index contributed by atoms with van der Waals surface area (Å²) in [5.74, 6) is 0.534. The Morgan fingerprint density at radius 3 is 2.78 bits per heavy atom. The number of aromatic nitrogens is 1. The van der Waals surface area contributed by atoms with Gasteiger partial charge >= 0.3 is 0 Å². The standard InChI is InChI=1S/C14H13FN2O/c15-9-1-4-13-12(7-9)11-3-2-10(18-6-5-16)8-14(11)17-13/h1-4,7-8,17H,5-6,16H2. The van der Waals surface area contributed by atoms with Crippen LogP contribution in [0, 0.1) is 5.82 Å². The van der Waals surface area contributed by atoms with Crippen LogP contribution in [0.15, 0.2) is 36.4 Å². The van der Waals surface area contributed by atoms with Crippen molar-refractivity contribution >= 4 is 21.8 Å². The number of nitrogens with two attached hydrogens (primary N) is 1. The number of halogens is 1. The number of ether oxygens (including phenoxy) is 1. The number of nitrogens with one attached hydrogen (secondary N) is 1. The lowest BCUT2D eigenvalue weighted by Crippen LogP contribution is -2.10. The number of fused-ring (bicyclic) bond motifs is 3. The zero-order chi connectivity index (χ0) is 12.5. The Balaban J connectivity index is 2.14. The van der Waals surface area contributed by atoms with E-state index in [1.54, 1.807) is 6.07 Å². The summed E-state index contributed by atoms with van der Waals surface area (Å²) in [5, 5.41) is 1.87. The largest absolute Gasteiger partial charge is 0.492 e. The second kappa shape index (κ2) is 4.31. The van der Waals surface area contributed by atoms with Crippen LogP contribution in [0.4, 0.5) is 4.39 Å². The number of aromatic amines is 1. The van der Waals surface area contributed by atoms with Gasteiger partial charge < -0.3 is 15.5 Å². The quantitative estimate of drug-likeness (QED) is 0.744. The maximum absolute atomic E-state index is 13.2. The van der Waals surface area contributed by atoms with Gasteiger partial charge in [-0.25, -0.2) is 4.39 Å². The lowest BCUT2D eigenvalue weighted by Gasteiger charge is -2.03. The molecule has 0 radical (unpaired) electrons. The third-order valence-corrected chi connectivity index (χ3v) is 2.92. The molecule has 3 rings (SSSR count). The molecular weight excluding hydrogens is 231 g/mol. The van der Waals surface area contributed by atoms with Crippen LogP contribution >= 0.6 is 0 Å². The van der Waals surface area contributed by atoms with Crippen molar-refractivity contribution in [3.8, 4) is 5.75 Å². The molecule has 18 heavy (non-hydrogen) atoms. The molecule has 0 unspecified atom stereocenters. The molecule has 0 fully saturated rings. The summed E-state index contributed by atoms with van der Waals surface area (Å²) >= 11 is 0. The van der Waals surface area contributed by atoms with Crippen molar-refractivity contribution in [2.75, 3.05) is 13.2 Å². The minimum absolute atomic E-state index is 0.230. The first-order chi connectivity index (χ1) is 8.78. The molecule has 4 heteroatoms. The highest BCUT2D eigenvalue weighted by Crippen LogP contribution is 2.28. The molecular formula is C14H13FN2O. The summed E-state index contributed by atoms with van der Waals surface area (Å²) in [6, 6.07) is 10.4. The van der Waals surface area contributed by atoms with Gasteiger partial charge in [-0.1, -0.05) is 0 Å². The monoisotopic (exact) mass is 244 g/mol. The molecule has 0 amide bonds. The Hall–Kier alpha value is -2.07. The zero-order valence-electron chi connectivity index (χ0n) is 9.74. The van der Waals surface area contributed by atoms with Gasteiger partial charge in [-0.05, 0) is 30.3 Å². The van der Waals surface area contributed by atoms with Crippen LogP contribution in [0.25, 0.3) is 21.8 Å². The molecule has 0 bridgehead atoms. The maximum atomic E-state index is 13.2. The lowest BCUT2D eigenvalue weighted by molar-refractivity contribution is 0.329.